The van der Waals surface area contributed by atoms with Gasteiger partial charge in [0.05, 0.1) is 31.2 Å². The van der Waals surface area contributed by atoms with Crippen LogP contribution in [-0.4, -0.2) is 42.9 Å². The molecule has 2 aromatic heterocycles. The van der Waals surface area contributed by atoms with Crippen molar-refractivity contribution >= 4 is 5.69 Å². The number of anilines is 1. The van der Waals surface area contributed by atoms with E-state index in [0.29, 0.717) is 13.2 Å². The van der Waals surface area contributed by atoms with Gasteiger partial charge < -0.3 is 24.8 Å². The molecule has 0 bridgehead atoms. The molecule has 1 atom stereocenters. The third-order valence-electron chi connectivity index (χ3n) is 6.45. The molecule has 1 unspecified atom stereocenters. The van der Waals surface area contributed by atoms with E-state index in [1.807, 2.05) is 30.6 Å². The molecule has 7 heteroatoms. The Morgan fingerprint density at radius 1 is 1.09 bits per heavy atom. The molecule has 3 heterocycles. The number of pyridine rings is 2. The summed E-state index contributed by atoms with van der Waals surface area (Å²) in [7, 11) is 1.69. The van der Waals surface area contributed by atoms with Crippen LogP contribution in [0.15, 0.2) is 55.0 Å². The number of morpholine rings is 1. The SMILES string of the molecule is COc1ccc(CNc2cc(-c3cccnc3)cnc2C2CNCCO2)cc1OC1CCCC1. The molecule has 0 radical (unpaired) electrons. The number of methoxy groups -OCH3 is 1. The minimum Gasteiger partial charge on any atom is -0.493 e. The lowest BCUT2D eigenvalue weighted by atomic mass is 10.1. The average molecular weight is 461 g/mol. The lowest BCUT2D eigenvalue weighted by Crippen LogP contribution is -2.34. The Kier molecular flexibility index (Phi) is 7.22. The maximum Gasteiger partial charge on any atom is 0.161 e. The average Bonchev–Trinajstić information content (AvgIpc) is 3.41. The Hall–Kier alpha value is -3.16. The van der Waals surface area contributed by atoms with Gasteiger partial charge in [-0.3, -0.25) is 9.97 Å². The molecule has 5 rings (SSSR count). The van der Waals surface area contributed by atoms with E-state index >= 15 is 0 Å². The molecule has 2 N–H and O–H groups in total. The van der Waals surface area contributed by atoms with Crippen molar-refractivity contribution in [1.29, 1.82) is 0 Å². The number of benzene rings is 1. The fourth-order valence-corrected chi connectivity index (χ4v) is 4.61. The Balaban J connectivity index is 1.39. The van der Waals surface area contributed by atoms with Gasteiger partial charge in [0.25, 0.3) is 0 Å². The highest BCUT2D eigenvalue weighted by molar-refractivity contribution is 5.68. The minimum atomic E-state index is -0.0867. The normalized spacial score (nSPS) is 18.6. The molecule has 2 aliphatic rings. The number of hydrogen-bond acceptors (Lipinski definition) is 7. The summed E-state index contributed by atoms with van der Waals surface area (Å²) < 4.78 is 17.8. The van der Waals surface area contributed by atoms with Crippen molar-refractivity contribution in [2.24, 2.45) is 0 Å². The standard InChI is InChI=1S/C27H32N4O3/c1-32-24-9-8-19(13-25(24)34-22-6-2-3-7-22)15-30-23-14-21(20-5-4-10-28-16-20)17-31-27(23)26-18-29-11-12-33-26/h4-5,8-10,13-14,16-17,22,26,29-30H,2-3,6-7,11-12,15,18H2,1H3. The molecule has 0 amide bonds. The summed E-state index contributed by atoms with van der Waals surface area (Å²) in [5.74, 6) is 1.59. The molecule has 34 heavy (non-hydrogen) atoms. The molecule has 0 spiro atoms. The van der Waals surface area contributed by atoms with Crippen molar-refractivity contribution in [3.8, 4) is 22.6 Å². The molecule has 1 saturated heterocycles. The zero-order valence-corrected chi connectivity index (χ0v) is 19.6. The van der Waals surface area contributed by atoms with E-state index in [-0.39, 0.29) is 12.2 Å². The largest absolute Gasteiger partial charge is 0.493 e. The van der Waals surface area contributed by atoms with Gasteiger partial charge in [0.2, 0.25) is 0 Å². The second-order valence-electron chi connectivity index (χ2n) is 8.83. The van der Waals surface area contributed by atoms with Gasteiger partial charge in [-0.2, -0.15) is 0 Å². The van der Waals surface area contributed by atoms with Crippen molar-refractivity contribution < 1.29 is 14.2 Å². The van der Waals surface area contributed by atoms with Crippen LogP contribution in [0.2, 0.25) is 0 Å². The molecule has 178 valence electrons. The van der Waals surface area contributed by atoms with Crippen LogP contribution in [0.1, 0.15) is 43.0 Å². The van der Waals surface area contributed by atoms with Crippen LogP contribution >= 0.6 is 0 Å². The van der Waals surface area contributed by atoms with Crippen LogP contribution in [0.3, 0.4) is 0 Å². The highest BCUT2D eigenvalue weighted by Crippen LogP contribution is 2.34. The Bertz CT molecular complexity index is 1080. The quantitative estimate of drug-likeness (QED) is 0.502. The highest BCUT2D eigenvalue weighted by atomic mass is 16.5. The van der Waals surface area contributed by atoms with Gasteiger partial charge >= 0.3 is 0 Å². The first kappa shape index (κ1) is 22.6. The van der Waals surface area contributed by atoms with Crippen molar-refractivity contribution in [3.05, 3.63) is 66.2 Å². The predicted molar refractivity (Wildman–Crippen MR) is 132 cm³/mol. The smallest absolute Gasteiger partial charge is 0.161 e. The van der Waals surface area contributed by atoms with Gasteiger partial charge in [0, 0.05) is 49.4 Å². The van der Waals surface area contributed by atoms with Crippen LogP contribution in [0.5, 0.6) is 11.5 Å². The van der Waals surface area contributed by atoms with E-state index in [1.54, 1.807) is 13.3 Å². The predicted octanol–water partition coefficient (Wildman–Crippen LogP) is 4.75. The fourth-order valence-electron chi connectivity index (χ4n) is 4.61. The summed E-state index contributed by atoms with van der Waals surface area (Å²) in [6.07, 6.45) is 10.4. The highest BCUT2D eigenvalue weighted by Gasteiger charge is 2.22. The van der Waals surface area contributed by atoms with Gasteiger partial charge in [-0.05, 0) is 55.5 Å². The first-order chi connectivity index (χ1) is 16.8. The lowest BCUT2D eigenvalue weighted by Gasteiger charge is -2.25. The van der Waals surface area contributed by atoms with E-state index in [9.17, 15) is 0 Å². The summed E-state index contributed by atoms with van der Waals surface area (Å²) in [5, 5.41) is 7.01. The fraction of sp³-hybridized carbons (Fsp3) is 0.407. The maximum absolute atomic E-state index is 6.29. The molecule has 1 aliphatic heterocycles. The van der Waals surface area contributed by atoms with E-state index in [0.717, 1.165) is 65.5 Å². The van der Waals surface area contributed by atoms with Crippen molar-refractivity contribution in [2.45, 2.75) is 44.4 Å². The Labute approximate surface area is 200 Å². The van der Waals surface area contributed by atoms with Crippen molar-refractivity contribution in [1.82, 2.24) is 15.3 Å². The Morgan fingerprint density at radius 2 is 2.00 bits per heavy atom. The number of nitrogens with one attached hydrogen (secondary N) is 2. The maximum atomic E-state index is 6.29. The van der Waals surface area contributed by atoms with Crippen LogP contribution < -0.4 is 20.1 Å². The lowest BCUT2D eigenvalue weighted by molar-refractivity contribution is 0.0255. The molecule has 2 fully saturated rings. The molecular formula is C27H32N4O3. The minimum absolute atomic E-state index is 0.0867. The van der Waals surface area contributed by atoms with Gasteiger partial charge in [-0.25, -0.2) is 0 Å². The van der Waals surface area contributed by atoms with Gasteiger partial charge in [0.1, 0.15) is 6.10 Å². The van der Waals surface area contributed by atoms with Crippen LogP contribution in [0.25, 0.3) is 11.1 Å². The van der Waals surface area contributed by atoms with Crippen LogP contribution in [-0.2, 0) is 11.3 Å². The molecule has 1 aliphatic carbocycles. The molecule has 1 aromatic carbocycles. The second kappa shape index (κ2) is 10.8. The van der Waals surface area contributed by atoms with Gasteiger partial charge in [-0.1, -0.05) is 12.1 Å². The molecule has 7 nitrogen and oxygen atoms in total. The van der Waals surface area contributed by atoms with Gasteiger partial charge in [-0.15, -0.1) is 0 Å². The summed E-state index contributed by atoms with van der Waals surface area (Å²) in [4.78, 5) is 9.06. The zero-order valence-electron chi connectivity index (χ0n) is 19.6. The van der Waals surface area contributed by atoms with Gasteiger partial charge in [0.15, 0.2) is 11.5 Å². The first-order valence-electron chi connectivity index (χ1n) is 12.1. The molecule has 3 aromatic rings. The summed E-state index contributed by atoms with van der Waals surface area (Å²) in [6.45, 7) is 2.92. The second-order valence-corrected chi connectivity index (χ2v) is 8.83. The topological polar surface area (TPSA) is 77.5 Å². The molecule has 1 saturated carbocycles. The van der Waals surface area contributed by atoms with Crippen molar-refractivity contribution in [3.63, 3.8) is 0 Å². The number of ether oxygens (including phenoxy) is 3. The third-order valence-corrected chi connectivity index (χ3v) is 6.45. The van der Waals surface area contributed by atoms with E-state index in [4.69, 9.17) is 19.2 Å². The summed E-state index contributed by atoms with van der Waals surface area (Å²) in [5.41, 5.74) is 5.04. The number of nitrogens with zero attached hydrogens (tertiary/aromatic N) is 2. The summed E-state index contributed by atoms with van der Waals surface area (Å²) in [6, 6.07) is 12.3. The van der Waals surface area contributed by atoms with E-state index < -0.39 is 0 Å². The zero-order chi connectivity index (χ0) is 23.2. The molecular weight excluding hydrogens is 428 g/mol. The van der Waals surface area contributed by atoms with Crippen LogP contribution in [0, 0.1) is 0 Å². The number of rotatable bonds is 8. The number of aromatic nitrogens is 2. The number of hydrogen-bond donors (Lipinski definition) is 2. The first-order valence-corrected chi connectivity index (χ1v) is 12.1. The Morgan fingerprint density at radius 3 is 2.76 bits per heavy atom. The monoisotopic (exact) mass is 460 g/mol. The van der Waals surface area contributed by atoms with E-state index in [2.05, 4.69) is 33.8 Å². The van der Waals surface area contributed by atoms with E-state index in [1.165, 1.54) is 12.8 Å². The summed E-state index contributed by atoms with van der Waals surface area (Å²) >= 11 is 0. The van der Waals surface area contributed by atoms with Crippen molar-refractivity contribution in [2.75, 3.05) is 32.1 Å². The van der Waals surface area contributed by atoms with Crippen LogP contribution in [0.4, 0.5) is 5.69 Å². The third kappa shape index (κ3) is 5.32.